The smallest absolute Gasteiger partial charge is 0.317 e. The third-order valence-electron chi connectivity index (χ3n) is 5.35. The van der Waals surface area contributed by atoms with Gasteiger partial charge in [0.1, 0.15) is 11.5 Å². The molecular formula is C25H33ClN2O4. The number of carbonyl (C=O) groups excluding carboxylic acids is 1. The summed E-state index contributed by atoms with van der Waals surface area (Å²) in [6.45, 7) is 6.66. The van der Waals surface area contributed by atoms with Gasteiger partial charge in [-0.15, -0.1) is 0 Å². The Labute approximate surface area is 195 Å². The largest absolute Gasteiger partial charge is 0.493 e. The highest BCUT2D eigenvalue weighted by molar-refractivity contribution is 6.33. The molecule has 0 aliphatic heterocycles. The monoisotopic (exact) mass is 460 g/mol. The lowest BCUT2D eigenvalue weighted by Crippen LogP contribution is -2.39. The van der Waals surface area contributed by atoms with Crippen molar-refractivity contribution in [1.82, 2.24) is 10.2 Å². The lowest BCUT2D eigenvalue weighted by molar-refractivity contribution is 0.0973. The molecule has 1 aliphatic carbocycles. The number of ether oxygens (including phenoxy) is 3. The van der Waals surface area contributed by atoms with E-state index in [9.17, 15) is 4.79 Å². The van der Waals surface area contributed by atoms with Gasteiger partial charge in [-0.25, -0.2) is 4.79 Å². The fourth-order valence-electron chi connectivity index (χ4n) is 3.66. The third kappa shape index (κ3) is 6.30. The maximum absolute atomic E-state index is 12.6. The summed E-state index contributed by atoms with van der Waals surface area (Å²) in [5, 5.41) is 3.26. The molecule has 7 heteroatoms. The Morgan fingerprint density at radius 3 is 2.50 bits per heavy atom. The van der Waals surface area contributed by atoms with Crippen LogP contribution in [0.3, 0.4) is 0 Å². The van der Waals surface area contributed by atoms with Gasteiger partial charge >= 0.3 is 6.03 Å². The van der Waals surface area contributed by atoms with E-state index in [-0.39, 0.29) is 6.03 Å². The first-order chi connectivity index (χ1) is 15.6. The highest BCUT2D eigenvalue weighted by atomic mass is 35.5. The summed E-state index contributed by atoms with van der Waals surface area (Å²) in [5.74, 6) is 1.91. The van der Waals surface area contributed by atoms with Crippen molar-refractivity contribution >= 4 is 17.6 Å². The number of amides is 2. The van der Waals surface area contributed by atoms with Crippen molar-refractivity contribution in [2.45, 2.75) is 45.8 Å². The van der Waals surface area contributed by atoms with E-state index in [1.165, 1.54) is 0 Å². The molecule has 2 aromatic rings. The van der Waals surface area contributed by atoms with Gasteiger partial charge < -0.3 is 24.4 Å². The zero-order valence-electron chi connectivity index (χ0n) is 19.2. The zero-order valence-corrected chi connectivity index (χ0v) is 19.9. The minimum atomic E-state index is -0.188. The fourth-order valence-corrected chi connectivity index (χ4v) is 3.94. The van der Waals surface area contributed by atoms with Crippen LogP contribution in [0.5, 0.6) is 11.5 Å². The number of nitrogens with one attached hydrogen (secondary N) is 1. The molecule has 0 bridgehead atoms. The van der Waals surface area contributed by atoms with E-state index in [4.69, 9.17) is 25.8 Å². The second-order valence-electron chi connectivity index (χ2n) is 7.75. The fraction of sp³-hybridized carbons (Fsp3) is 0.480. The summed E-state index contributed by atoms with van der Waals surface area (Å²) in [7, 11) is 1.62. The topological polar surface area (TPSA) is 60.0 Å². The van der Waals surface area contributed by atoms with Crippen molar-refractivity contribution in [3.05, 3.63) is 58.1 Å². The average Bonchev–Trinajstić information content (AvgIpc) is 3.64. The Morgan fingerprint density at radius 1 is 1.16 bits per heavy atom. The Bertz CT molecular complexity index is 887. The SMILES string of the molecule is CCOc1cc(CN(CCOCc2ccccc2)C(=O)NC)c(Cl)c(OCC)c1C1CC1. The number of rotatable bonds is 12. The second kappa shape index (κ2) is 12.0. The molecule has 2 aromatic carbocycles. The van der Waals surface area contributed by atoms with Crippen molar-refractivity contribution in [2.24, 2.45) is 0 Å². The molecule has 6 nitrogen and oxygen atoms in total. The van der Waals surface area contributed by atoms with E-state index in [0.717, 1.165) is 35.3 Å². The van der Waals surface area contributed by atoms with Gasteiger partial charge in [0, 0.05) is 25.7 Å². The van der Waals surface area contributed by atoms with E-state index in [2.05, 4.69) is 5.32 Å². The van der Waals surface area contributed by atoms with Crippen LogP contribution >= 0.6 is 11.6 Å². The van der Waals surface area contributed by atoms with Crippen LogP contribution in [0.25, 0.3) is 0 Å². The van der Waals surface area contributed by atoms with Crippen molar-refractivity contribution in [1.29, 1.82) is 0 Å². The first kappa shape index (κ1) is 24.2. The van der Waals surface area contributed by atoms with Crippen molar-refractivity contribution in [2.75, 3.05) is 33.4 Å². The van der Waals surface area contributed by atoms with E-state index >= 15 is 0 Å². The van der Waals surface area contributed by atoms with Crippen LogP contribution in [0.4, 0.5) is 4.79 Å². The molecule has 2 amide bonds. The predicted molar refractivity (Wildman–Crippen MR) is 127 cm³/mol. The summed E-state index contributed by atoms with van der Waals surface area (Å²) in [5.41, 5.74) is 2.95. The molecule has 0 unspecified atom stereocenters. The van der Waals surface area contributed by atoms with Gasteiger partial charge in [0.05, 0.1) is 31.5 Å². The first-order valence-electron chi connectivity index (χ1n) is 11.3. The number of hydrogen-bond acceptors (Lipinski definition) is 4. The molecular weight excluding hydrogens is 428 g/mol. The molecule has 0 heterocycles. The van der Waals surface area contributed by atoms with Gasteiger partial charge in [-0.3, -0.25) is 0 Å². The Hall–Kier alpha value is -2.44. The predicted octanol–water partition coefficient (Wildman–Crippen LogP) is 5.37. The van der Waals surface area contributed by atoms with Gasteiger partial charge in [-0.05, 0) is 49.8 Å². The molecule has 3 rings (SSSR count). The van der Waals surface area contributed by atoms with Crippen LogP contribution in [0.15, 0.2) is 36.4 Å². The summed E-state index contributed by atoms with van der Waals surface area (Å²) >= 11 is 6.80. The van der Waals surface area contributed by atoms with Crippen LogP contribution < -0.4 is 14.8 Å². The Balaban J connectivity index is 1.76. The van der Waals surface area contributed by atoms with E-state index in [1.54, 1.807) is 11.9 Å². The highest BCUT2D eigenvalue weighted by Gasteiger charge is 2.33. The second-order valence-corrected chi connectivity index (χ2v) is 8.12. The number of carbonyl (C=O) groups is 1. The molecule has 0 saturated heterocycles. The van der Waals surface area contributed by atoms with Gasteiger partial charge in [-0.2, -0.15) is 0 Å². The maximum Gasteiger partial charge on any atom is 0.317 e. The summed E-state index contributed by atoms with van der Waals surface area (Å²) in [6, 6.07) is 11.7. The lowest BCUT2D eigenvalue weighted by Gasteiger charge is -2.25. The van der Waals surface area contributed by atoms with E-state index < -0.39 is 0 Å². The number of urea groups is 1. The minimum Gasteiger partial charge on any atom is -0.493 e. The molecule has 1 N–H and O–H groups in total. The molecule has 32 heavy (non-hydrogen) atoms. The molecule has 1 saturated carbocycles. The van der Waals surface area contributed by atoms with Crippen LogP contribution in [0, 0.1) is 0 Å². The number of halogens is 1. The molecule has 1 aliphatic rings. The first-order valence-corrected chi connectivity index (χ1v) is 11.7. The van der Waals surface area contributed by atoms with Crippen LogP contribution in [0.1, 0.15) is 49.3 Å². The number of nitrogens with zero attached hydrogens (tertiary/aromatic N) is 1. The van der Waals surface area contributed by atoms with Gasteiger partial charge in [0.25, 0.3) is 0 Å². The minimum absolute atomic E-state index is 0.188. The van der Waals surface area contributed by atoms with Crippen molar-refractivity contribution in [3.8, 4) is 11.5 Å². The maximum atomic E-state index is 12.6. The molecule has 0 spiro atoms. The van der Waals surface area contributed by atoms with Crippen LogP contribution in [-0.4, -0.2) is 44.3 Å². The van der Waals surface area contributed by atoms with Crippen molar-refractivity contribution in [3.63, 3.8) is 0 Å². The van der Waals surface area contributed by atoms with E-state index in [1.807, 2.05) is 50.2 Å². The number of hydrogen-bond donors (Lipinski definition) is 1. The average molecular weight is 461 g/mol. The highest BCUT2D eigenvalue weighted by Crippen LogP contribution is 2.52. The Kier molecular flexibility index (Phi) is 9.06. The molecule has 0 radical (unpaired) electrons. The normalized spacial score (nSPS) is 13.0. The quantitative estimate of drug-likeness (QED) is 0.432. The Morgan fingerprint density at radius 2 is 1.88 bits per heavy atom. The standard InChI is InChI=1S/C25H33ClN2O4/c1-4-31-21-15-20(23(26)24(32-5-2)22(21)19-11-12-19)16-28(25(29)27-3)13-14-30-17-18-9-7-6-8-10-18/h6-10,15,19H,4-5,11-14,16-17H2,1-3H3,(H,27,29). The summed E-state index contributed by atoms with van der Waals surface area (Å²) in [6.07, 6.45) is 2.22. The zero-order chi connectivity index (χ0) is 22.9. The number of benzene rings is 2. The van der Waals surface area contributed by atoms with Gasteiger partial charge in [0.15, 0.2) is 0 Å². The summed E-state index contributed by atoms with van der Waals surface area (Å²) in [4.78, 5) is 14.2. The van der Waals surface area contributed by atoms with E-state index in [0.29, 0.717) is 56.2 Å². The van der Waals surface area contributed by atoms with Gasteiger partial charge in [0.2, 0.25) is 0 Å². The molecule has 0 aromatic heterocycles. The molecule has 1 fully saturated rings. The van der Waals surface area contributed by atoms with Crippen LogP contribution in [-0.2, 0) is 17.9 Å². The van der Waals surface area contributed by atoms with Crippen LogP contribution in [0.2, 0.25) is 5.02 Å². The lowest BCUT2D eigenvalue weighted by atomic mass is 10.0. The van der Waals surface area contributed by atoms with Crippen molar-refractivity contribution < 1.29 is 19.0 Å². The molecule has 174 valence electrons. The van der Waals surface area contributed by atoms with Gasteiger partial charge in [-0.1, -0.05) is 41.9 Å². The molecule has 0 atom stereocenters. The third-order valence-corrected chi connectivity index (χ3v) is 5.76. The summed E-state index contributed by atoms with van der Waals surface area (Å²) < 4.78 is 17.7.